The summed E-state index contributed by atoms with van der Waals surface area (Å²) in [7, 11) is 2.02. The van der Waals surface area contributed by atoms with Crippen LogP contribution in [-0.4, -0.2) is 31.6 Å². The van der Waals surface area contributed by atoms with Gasteiger partial charge in [-0.25, -0.2) is 0 Å². The predicted octanol–water partition coefficient (Wildman–Crippen LogP) is 3.24. The molecule has 0 atom stereocenters. The summed E-state index contributed by atoms with van der Waals surface area (Å²) in [6.45, 7) is 11.2. The standard InChI is InChI=1S/C16H28N2/c1-5-11-18(12-10-17-4)13-15-8-6-7-9-16(15)14(2)3/h6-9,14,17H,5,10-13H2,1-4H3. The maximum absolute atomic E-state index is 3.24. The molecule has 0 fully saturated rings. The van der Waals surface area contributed by atoms with Crippen molar-refractivity contribution < 1.29 is 0 Å². The second kappa shape index (κ2) is 8.28. The largest absolute Gasteiger partial charge is 0.318 e. The Bertz CT molecular complexity index is 334. The van der Waals surface area contributed by atoms with Crippen molar-refractivity contribution in [3.05, 3.63) is 35.4 Å². The van der Waals surface area contributed by atoms with Crippen molar-refractivity contribution in [1.29, 1.82) is 0 Å². The van der Waals surface area contributed by atoms with E-state index >= 15 is 0 Å². The number of likely N-dealkylation sites (N-methyl/N-ethyl adjacent to an activating group) is 1. The minimum absolute atomic E-state index is 0.606. The van der Waals surface area contributed by atoms with Gasteiger partial charge in [0.05, 0.1) is 0 Å². The molecule has 0 aliphatic rings. The molecular formula is C16H28N2. The average molecular weight is 248 g/mol. The third kappa shape index (κ3) is 4.79. The Morgan fingerprint density at radius 2 is 1.89 bits per heavy atom. The van der Waals surface area contributed by atoms with Crippen LogP contribution in [0.1, 0.15) is 44.2 Å². The number of benzene rings is 1. The second-order valence-corrected chi connectivity index (χ2v) is 5.23. The molecule has 2 heteroatoms. The van der Waals surface area contributed by atoms with Crippen molar-refractivity contribution in [2.75, 3.05) is 26.7 Å². The summed E-state index contributed by atoms with van der Waals surface area (Å²) in [6.07, 6.45) is 1.22. The fourth-order valence-corrected chi connectivity index (χ4v) is 2.34. The fraction of sp³-hybridized carbons (Fsp3) is 0.625. The highest BCUT2D eigenvalue weighted by atomic mass is 15.1. The van der Waals surface area contributed by atoms with Gasteiger partial charge in [-0.1, -0.05) is 45.0 Å². The summed E-state index contributed by atoms with van der Waals surface area (Å²) < 4.78 is 0. The van der Waals surface area contributed by atoms with Crippen molar-refractivity contribution in [2.45, 2.75) is 39.7 Å². The van der Waals surface area contributed by atoms with E-state index in [9.17, 15) is 0 Å². The molecule has 102 valence electrons. The molecule has 0 radical (unpaired) electrons. The van der Waals surface area contributed by atoms with Gasteiger partial charge in [-0.15, -0.1) is 0 Å². The highest BCUT2D eigenvalue weighted by molar-refractivity contribution is 5.29. The number of hydrogen-bond donors (Lipinski definition) is 1. The fourth-order valence-electron chi connectivity index (χ4n) is 2.34. The van der Waals surface area contributed by atoms with Gasteiger partial charge in [0, 0.05) is 19.6 Å². The van der Waals surface area contributed by atoms with E-state index < -0.39 is 0 Å². The third-order valence-corrected chi connectivity index (χ3v) is 3.29. The minimum Gasteiger partial charge on any atom is -0.318 e. The Kier molecular flexibility index (Phi) is 6.99. The van der Waals surface area contributed by atoms with Crippen LogP contribution >= 0.6 is 0 Å². The smallest absolute Gasteiger partial charge is 0.0237 e. The van der Waals surface area contributed by atoms with E-state index in [1.165, 1.54) is 24.1 Å². The normalized spacial score (nSPS) is 11.4. The van der Waals surface area contributed by atoms with Crippen LogP contribution in [-0.2, 0) is 6.54 Å². The van der Waals surface area contributed by atoms with Gasteiger partial charge in [0.2, 0.25) is 0 Å². The van der Waals surface area contributed by atoms with Crippen LogP contribution in [0.25, 0.3) is 0 Å². The number of nitrogens with one attached hydrogen (secondary N) is 1. The zero-order chi connectivity index (χ0) is 13.4. The van der Waals surface area contributed by atoms with Gasteiger partial charge < -0.3 is 5.32 Å². The Labute approximate surface area is 112 Å². The highest BCUT2D eigenvalue weighted by Gasteiger charge is 2.09. The summed E-state index contributed by atoms with van der Waals surface area (Å²) in [5, 5.41) is 3.24. The van der Waals surface area contributed by atoms with Crippen LogP contribution in [0.3, 0.4) is 0 Å². The molecular weight excluding hydrogens is 220 g/mol. The lowest BCUT2D eigenvalue weighted by molar-refractivity contribution is 0.267. The van der Waals surface area contributed by atoms with Crippen molar-refractivity contribution in [3.8, 4) is 0 Å². The molecule has 0 aliphatic heterocycles. The van der Waals surface area contributed by atoms with Crippen LogP contribution in [0.4, 0.5) is 0 Å². The van der Waals surface area contributed by atoms with Crippen molar-refractivity contribution in [1.82, 2.24) is 10.2 Å². The van der Waals surface area contributed by atoms with Gasteiger partial charge in [-0.2, -0.15) is 0 Å². The number of hydrogen-bond acceptors (Lipinski definition) is 2. The average Bonchev–Trinajstić information content (AvgIpc) is 2.36. The Hall–Kier alpha value is -0.860. The quantitative estimate of drug-likeness (QED) is 0.760. The molecule has 1 aromatic rings. The molecule has 0 aromatic heterocycles. The van der Waals surface area contributed by atoms with Crippen LogP contribution in [0, 0.1) is 0 Å². The van der Waals surface area contributed by atoms with Gasteiger partial charge in [0.25, 0.3) is 0 Å². The summed E-state index contributed by atoms with van der Waals surface area (Å²) >= 11 is 0. The summed E-state index contributed by atoms with van der Waals surface area (Å²) in [6, 6.07) is 8.85. The van der Waals surface area contributed by atoms with Crippen molar-refractivity contribution >= 4 is 0 Å². The third-order valence-electron chi connectivity index (χ3n) is 3.29. The maximum Gasteiger partial charge on any atom is 0.0237 e. The zero-order valence-electron chi connectivity index (χ0n) is 12.4. The van der Waals surface area contributed by atoms with E-state index in [1.54, 1.807) is 0 Å². The lowest BCUT2D eigenvalue weighted by Gasteiger charge is -2.24. The highest BCUT2D eigenvalue weighted by Crippen LogP contribution is 2.20. The first-order valence-corrected chi connectivity index (χ1v) is 7.13. The Morgan fingerprint density at radius 3 is 2.50 bits per heavy atom. The van der Waals surface area contributed by atoms with E-state index in [0.717, 1.165) is 19.6 Å². The Morgan fingerprint density at radius 1 is 1.17 bits per heavy atom. The van der Waals surface area contributed by atoms with Crippen LogP contribution < -0.4 is 5.32 Å². The molecule has 1 aromatic carbocycles. The first kappa shape index (κ1) is 15.2. The zero-order valence-corrected chi connectivity index (χ0v) is 12.4. The molecule has 18 heavy (non-hydrogen) atoms. The molecule has 0 aliphatic carbocycles. The Balaban J connectivity index is 2.73. The lowest BCUT2D eigenvalue weighted by atomic mass is 9.97. The van der Waals surface area contributed by atoms with E-state index in [4.69, 9.17) is 0 Å². The minimum atomic E-state index is 0.606. The SMILES string of the molecule is CCCN(CCNC)Cc1ccccc1C(C)C. The van der Waals surface area contributed by atoms with Crippen LogP contribution in [0.2, 0.25) is 0 Å². The molecule has 0 saturated heterocycles. The summed E-state index contributed by atoms with van der Waals surface area (Å²) in [4.78, 5) is 2.54. The first-order valence-electron chi connectivity index (χ1n) is 7.13. The van der Waals surface area contributed by atoms with Gasteiger partial charge in [0.15, 0.2) is 0 Å². The second-order valence-electron chi connectivity index (χ2n) is 5.23. The topological polar surface area (TPSA) is 15.3 Å². The van der Waals surface area contributed by atoms with Crippen LogP contribution in [0.5, 0.6) is 0 Å². The first-order chi connectivity index (χ1) is 8.69. The summed E-state index contributed by atoms with van der Waals surface area (Å²) in [5.41, 5.74) is 2.97. The van der Waals surface area contributed by atoms with Gasteiger partial charge >= 0.3 is 0 Å². The monoisotopic (exact) mass is 248 g/mol. The molecule has 0 spiro atoms. The van der Waals surface area contributed by atoms with E-state index in [-0.39, 0.29) is 0 Å². The molecule has 0 heterocycles. The van der Waals surface area contributed by atoms with Crippen LogP contribution in [0.15, 0.2) is 24.3 Å². The molecule has 0 bridgehead atoms. The number of rotatable bonds is 8. The number of nitrogens with zero attached hydrogens (tertiary/aromatic N) is 1. The lowest BCUT2D eigenvalue weighted by Crippen LogP contribution is -2.31. The molecule has 0 saturated carbocycles. The molecule has 1 rings (SSSR count). The van der Waals surface area contributed by atoms with E-state index in [2.05, 4.69) is 55.3 Å². The molecule has 0 unspecified atom stereocenters. The van der Waals surface area contributed by atoms with Gasteiger partial charge in [-0.3, -0.25) is 4.90 Å². The van der Waals surface area contributed by atoms with Gasteiger partial charge in [0.1, 0.15) is 0 Å². The van der Waals surface area contributed by atoms with E-state index in [1.807, 2.05) is 7.05 Å². The summed E-state index contributed by atoms with van der Waals surface area (Å²) in [5.74, 6) is 0.606. The van der Waals surface area contributed by atoms with Crippen molar-refractivity contribution in [3.63, 3.8) is 0 Å². The van der Waals surface area contributed by atoms with Gasteiger partial charge in [-0.05, 0) is 37.1 Å². The van der Waals surface area contributed by atoms with Crippen molar-refractivity contribution in [2.24, 2.45) is 0 Å². The maximum atomic E-state index is 3.24. The molecule has 0 amide bonds. The molecule has 1 N–H and O–H groups in total. The predicted molar refractivity (Wildman–Crippen MR) is 80.0 cm³/mol. The molecule has 2 nitrogen and oxygen atoms in total. The van der Waals surface area contributed by atoms with E-state index in [0.29, 0.717) is 5.92 Å².